The Kier molecular flexibility index (Phi) is 5.14. The van der Waals surface area contributed by atoms with Crippen LogP contribution in [0, 0.1) is 6.92 Å². The van der Waals surface area contributed by atoms with Gasteiger partial charge in [-0.25, -0.2) is 8.42 Å². The SMILES string of the molecule is CCOC1CCN(S(=O)(=O)c2cc(N)c(Cl)cc2C)CC1. The highest BCUT2D eigenvalue weighted by Gasteiger charge is 2.31. The number of anilines is 1. The first-order chi connectivity index (χ1) is 9.86. The molecule has 7 heteroatoms. The van der Waals surface area contributed by atoms with Crippen LogP contribution in [0.1, 0.15) is 25.3 Å². The highest BCUT2D eigenvalue weighted by molar-refractivity contribution is 7.89. The Morgan fingerprint density at radius 2 is 2.00 bits per heavy atom. The smallest absolute Gasteiger partial charge is 0.243 e. The van der Waals surface area contributed by atoms with E-state index in [0.29, 0.717) is 30.3 Å². The Hall–Kier alpha value is -0.820. The molecule has 2 N–H and O–H groups in total. The molecule has 0 radical (unpaired) electrons. The molecule has 1 aromatic carbocycles. The van der Waals surface area contributed by atoms with Gasteiger partial charge in [-0.2, -0.15) is 4.31 Å². The van der Waals surface area contributed by atoms with Crippen LogP contribution in [0.15, 0.2) is 17.0 Å². The highest BCUT2D eigenvalue weighted by Crippen LogP contribution is 2.29. The summed E-state index contributed by atoms with van der Waals surface area (Å²) in [4.78, 5) is 0.235. The summed E-state index contributed by atoms with van der Waals surface area (Å²) in [6.45, 7) is 5.27. The molecule has 1 aliphatic rings. The normalized spacial score (nSPS) is 18.0. The summed E-state index contributed by atoms with van der Waals surface area (Å²) < 4.78 is 32.5. The molecule has 0 spiro atoms. The average Bonchev–Trinajstić information content (AvgIpc) is 2.43. The molecule has 1 aromatic rings. The van der Waals surface area contributed by atoms with Crippen molar-refractivity contribution in [2.24, 2.45) is 0 Å². The molecule has 1 heterocycles. The monoisotopic (exact) mass is 332 g/mol. The van der Waals surface area contributed by atoms with Gasteiger partial charge in [0.15, 0.2) is 0 Å². The summed E-state index contributed by atoms with van der Waals surface area (Å²) in [5.41, 5.74) is 6.64. The second kappa shape index (κ2) is 6.52. The van der Waals surface area contributed by atoms with Crippen LogP contribution in [0.3, 0.4) is 0 Å². The Bertz CT molecular complexity index is 611. The molecule has 1 aliphatic heterocycles. The second-order valence-corrected chi connectivity index (χ2v) is 7.51. The molecule has 21 heavy (non-hydrogen) atoms. The van der Waals surface area contributed by atoms with Gasteiger partial charge in [0.25, 0.3) is 0 Å². The van der Waals surface area contributed by atoms with Gasteiger partial charge in [-0.15, -0.1) is 0 Å². The number of ether oxygens (including phenoxy) is 1. The summed E-state index contributed by atoms with van der Waals surface area (Å²) in [5.74, 6) is 0. The van der Waals surface area contributed by atoms with Crippen LogP contribution in [0.5, 0.6) is 0 Å². The largest absolute Gasteiger partial charge is 0.397 e. The molecule has 118 valence electrons. The number of hydrogen-bond donors (Lipinski definition) is 1. The molecule has 0 aromatic heterocycles. The van der Waals surface area contributed by atoms with E-state index >= 15 is 0 Å². The predicted octanol–water partition coefficient (Wildman–Crippen LogP) is 2.42. The van der Waals surface area contributed by atoms with E-state index in [1.54, 1.807) is 13.0 Å². The number of halogens is 1. The lowest BCUT2D eigenvalue weighted by atomic mass is 10.1. The van der Waals surface area contributed by atoms with Crippen molar-refractivity contribution in [2.45, 2.75) is 37.7 Å². The lowest BCUT2D eigenvalue weighted by Crippen LogP contribution is -2.41. The maximum Gasteiger partial charge on any atom is 0.243 e. The van der Waals surface area contributed by atoms with Crippen LogP contribution in [-0.4, -0.2) is 38.5 Å². The summed E-state index contributed by atoms with van der Waals surface area (Å²) in [6, 6.07) is 3.04. The average molecular weight is 333 g/mol. The Balaban J connectivity index is 2.22. The topological polar surface area (TPSA) is 72.6 Å². The molecule has 1 saturated heterocycles. The lowest BCUT2D eigenvalue weighted by molar-refractivity contribution is 0.0290. The number of nitrogens with two attached hydrogens (primary N) is 1. The lowest BCUT2D eigenvalue weighted by Gasteiger charge is -2.31. The van der Waals surface area contributed by atoms with Gasteiger partial charge in [-0.05, 0) is 44.4 Å². The summed E-state index contributed by atoms with van der Waals surface area (Å²) in [7, 11) is -3.53. The predicted molar refractivity (Wildman–Crippen MR) is 84.0 cm³/mol. The van der Waals surface area contributed by atoms with E-state index < -0.39 is 10.0 Å². The molecule has 0 atom stereocenters. The van der Waals surface area contributed by atoms with Gasteiger partial charge < -0.3 is 10.5 Å². The molecular weight excluding hydrogens is 312 g/mol. The minimum Gasteiger partial charge on any atom is -0.397 e. The van der Waals surface area contributed by atoms with Crippen LogP contribution < -0.4 is 5.73 Å². The zero-order valence-corrected chi connectivity index (χ0v) is 13.9. The number of rotatable bonds is 4. The van der Waals surface area contributed by atoms with Crippen LogP contribution in [-0.2, 0) is 14.8 Å². The third-order valence-corrected chi connectivity index (χ3v) is 6.08. The molecule has 5 nitrogen and oxygen atoms in total. The summed E-state index contributed by atoms with van der Waals surface area (Å²) >= 11 is 5.93. The van der Waals surface area contributed by atoms with Crippen molar-refractivity contribution < 1.29 is 13.2 Å². The maximum atomic E-state index is 12.7. The van der Waals surface area contributed by atoms with E-state index in [2.05, 4.69) is 0 Å². The fourth-order valence-electron chi connectivity index (χ4n) is 2.56. The molecule has 1 fully saturated rings. The van der Waals surface area contributed by atoms with Crippen LogP contribution in [0.4, 0.5) is 5.69 Å². The van der Waals surface area contributed by atoms with Crippen molar-refractivity contribution >= 4 is 27.3 Å². The first-order valence-corrected chi connectivity index (χ1v) is 8.85. The minimum absolute atomic E-state index is 0.151. The molecule has 0 bridgehead atoms. The number of hydrogen-bond acceptors (Lipinski definition) is 4. The van der Waals surface area contributed by atoms with E-state index in [9.17, 15) is 8.42 Å². The first kappa shape index (κ1) is 16.5. The third kappa shape index (κ3) is 3.51. The Labute approximate surface area is 131 Å². The van der Waals surface area contributed by atoms with E-state index in [1.165, 1.54) is 10.4 Å². The highest BCUT2D eigenvalue weighted by atomic mass is 35.5. The minimum atomic E-state index is -3.53. The van der Waals surface area contributed by atoms with Gasteiger partial charge in [0.05, 0.1) is 21.7 Å². The Morgan fingerprint density at radius 3 is 2.57 bits per heavy atom. The van der Waals surface area contributed by atoms with Crippen LogP contribution >= 0.6 is 11.6 Å². The van der Waals surface area contributed by atoms with Gasteiger partial charge in [0.1, 0.15) is 0 Å². The Morgan fingerprint density at radius 1 is 1.38 bits per heavy atom. The number of nitrogen functional groups attached to an aromatic ring is 1. The maximum absolute atomic E-state index is 12.7. The first-order valence-electron chi connectivity index (χ1n) is 7.03. The molecule has 0 saturated carbocycles. The van der Waals surface area contributed by atoms with E-state index in [-0.39, 0.29) is 16.7 Å². The van der Waals surface area contributed by atoms with Crippen LogP contribution in [0.25, 0.3) is 0 Å². The zero-order valence-electron chi connectivity index (χ0n) is 12.3. The van der Waals surface area contributed by atoms with Gasteiger partial charge in [-0.1, -0.05) is 11.6 Å². The third-order valence-electron chi connectivity index (χ3n) is 3.72. The van der Waals surface area contributed by atoms with Crippen molar-refractivity contribution in [2.75, 3.05) is 25.4 Å². The molecular formula is C14H21ClN2O3S. The number of nitrogens with zero attached hydrogens (tertiary/aromatic N) is 1. The van der Waals surface area contributed by atoms with E-state index in [4.69, 9.17) is 22.1 Å². The number of sulfonamides is 1. The van der Waals surface area contributed by atoms with Gasteiger partial charge in [-0.3, -0.25) is 0 Å². The van der Waals surface area contributed by atoms with Crippen molar-refractivity contribution in [3.05, 3.63) is 22.7 Å². The van der Waals surface area contributed by atoms with Gasteiger partial charge >= 0.3 is 0 Å². The van der Waals surface area contributed by atoms with Crippen molar-refractivity contribution in [1.82, 2.24) is 4.31 Å². The van der Waals surface area contributed by atoms with Gasteiger partial charge in [0.2, 0.25) is 10.0 Å². The quantitative estimate of drug-likeness (QED) is 0.859. The number of benzene rings is 1. The summed E-state index contributed by atoms with van der Waals surface area (Å²) in [5, 5.41) is 0.376. The van der Waals surface area contributed by atoms with Crippen molar-refractivity contribution in [3.63, 3.8) is 0 Å². The number of aryl methyl sites for hydroxylation is 1. The fourth-order valence-corrected chi connectivity index (χ4v) is 4.49. The van der Waals surface area contributed by atoms with Crippen molar-refractivity contribution in [1.29, 1.82) is 0 Å². The standard InChI is InChI=1S/C14H21ClN2O3S/c1-3-20-11-4-6-17(7-5-11)21(18,19)14-9-13(16)12(15)8-10(14)2/h8-9,11H,3-7,16H2,1-2H3. The summed E-state index contributed by atoms with van der Waals surface area (Å²) in [6.07, 6.45) is 1.59. The second-order valence-electron chi connectivity index (χ2n) is 5.20. The van der Waals surface area contributed by atoms with E-state index in [0.717, 1.165) is 12.8 Å². The van der Waals surface area contributed by atoms with Gasteiger partial charge in [0, 0.05) is 19.7 Å². The molecule has 0 aliphatic carbocycles. The van der Waals surface area contributed by atoms with Crippen molar-refractivity contribution in [3.8, 4) is 0 Å². The van der Waals surface area contributed by atoms with Crippen LogP contribution in [0.2, 0.25) is 5.02 Å². The molecule has 2 rings (SSSR count). The number of piperidine rings is 1. The fraction of sp³-hybridized carbons (Fsp3) is 0.571. The zero-order chi connectivity index (χ0) is 15.6. The van der Waals surface area contributed by atoms with E-state index in [1.807, 2.05) is 6.92 Å². The molecule has 0 unspecified atom stereocenters. The molecule has 0 amide bonds.